The highest BCUT2D eigenvalue weighted by molar-refractivity contribution is 5.85. The first-order valence-electron chi connectivity index (χ1n) is 7.15. The molecule has 0 fully saturated rings. The highest BCUT2D eigenvalue weighted by Gasteiger charge is 2.22. The Labute approximate surface area is 122 Å². The molecule has 0 amide bonds. The van der Waals surface area contributed by atoms with Crippen molar-refractivity contribution >= 4 is 5.84 Å². The van der Waals surface area contributed by atoms with Crippen LogP contribution < -0.4 is 11.1 Å². The maximum Gasteiger partial charge on any atom is 0.144 e. The van der Waals surface area contributed by atoms with Gasteiger partial charge in [0.1, 0.15) is 5.84 Å². The van der Waals surface area contributed by atoms with Crippen molar-refractivity contribution in [3.05, 3.63) is 35.4 Å². The Morgan fingerprint density at radius 1 is 1.40 bits per heavy atom. The zero-order valence-electron chi connectivity index (χ0n) is 13.0. The van der Waals surface area contributed by atoms with E-state index in [1.54, 1.807) is 0 Å². The first-order chi connectivity index (χ1) is 9.38. The van der Waals surface area contributed by atoms with Gasteiger partial charge in [-0.15, -0.1) is 0 Å². The smallest absolute Gasteiger partial charge is 0.144 e. The number of rotatable bonds is 7. The molecule has 20 heavy (non-hydrogen) atoms. The minimum absolute atomic E-state index is 0.262. The molecule has 1 aromatic carbocycles. The lowest BCUT2D eigenvalue weighted by molar-refractivity contribution is 0.304. The maximum atomic E-state index is 8.74. The van der Waals surface area contributed by atoms with Gasteiger partial charge in [-0.3, -0.25) is 0 Å². The molecule has 112 valence electrons. The molecule has 0 radical (unpaired) electrons. The highest BCUT2D eigenvalue weighted by Crippen LogP contribution is 2.22. The molecule has 4 heteroatoms. The summed E-state index contributed by atoms with van der Waals surface area (Å²) in [5.41, 5.74) is 8.07. The van der Waals surface area contributed by atoms with E-state index in [0.29, 0.717) is 11.9 Å². The third-order valence-electron chi connectivity index (χ3n) is 3.89. The summed E-state index contributed by atoms with van der Waals surface area (Å²) in [5.74, 6) is 0.296. The van der Waals surface area contributed by atoms with E-state index in [1.165, 1.54) is 11.1 Å². The first-order valence-corrected chi connectivity index (χ1v) is 7.15. The molecule has 4 N–H and O–H groups in total. The van der Waals surface area contributed by atoms with Gasteiger partial charge in [-0.2, -0.15) is 0 Å². The summed E-state index contributed by atoms with van der Waals surface area (Å²) in [6.07, 6.45) is 1.87. The maximum absolute atomic E-state index is 8.74. The number of nitrogens with one attached hydrogen (secondary N) is 1. The summed E-state index contributed by atoms with van der Waals surface area (Å²) in [4.78, 5) is 0. The third-order valence-corrected chi connectivity index (χ3v) is 3.89. The Morgan fingerprint density at radius 3 is 2.65 bits per heavy atom. The van der Waals surface area contributed by atoms with E-state index in [-0.39, 0.29) is 5.41 Å². The lowest BCUT2D eigenvalue weighted by Gasteiger charge is -2.23. The van der Waals surface area contributed by atoms with Crippen molar-refractivity contribution in [2.75, 3.05) is 6.54 Å². The number of nitrogens with two attached hydrogens (primary N) is 1. The molecule has 0 bridgehead atoms. The predicted molar refractivity (Wildman–Crippen MR) is 84.0 cm³/mol. The zero-order valence-corrected chi connectivity index (χ0v) is 13.0. The molecule has 1 rings (SSSR count). The van der Waals surface area contributed by atoms with Gasteiger partial charge in [0.2, 0.25) is 0 Å². The highest BCUT2D eigenvalue weighted by atomic mass is 16.4. The van der Waals surface area contributed by atoms with E-state index in [4.69, 9.17) is 10.9 Å². The van der Waals surface area contributed by atoms with Gasteiger partial charge in [0.05, 0.1) is 0 Å². The van der Waals surface area contributed by atoms with Crippen LogP contribution >= 0.6 is 0 Å². The normalized spacial score (nSPS) is 14.3. The zero-order chi connectivity index (χ0) is 15.2. The lowest BCUT2D eigenvalue weighted by Crippen LogP contribution is -2.33. The van der Waals surface area contributed by atoms with Gasteiger partial charge >= 0.3 is 0 Å². The average Bonchev–Trinajstić information content (AvgIpc) is 2.42. The molecule has 0 aliphatic rings. The number of hydrogen-bond acceptors (Lipinski definition) is 3. The fraction of sp³-hybridized carbons (Fsp3) is 0.562. The summed E-state index contributed by atoms with van der Waals surface area (Å²) in [6.45, 7) is 9.21. The second-order valence-corrected chi connectivity index (χ2v) is 6.01. The molecule has 0 unspecified atom stereocenters. The second kappa shape index (κ2) is 7.29. The van der Waals surface area contributed by atoms with E-state index in [0.717, 1.165) is 19.4 Å². The second-order valence-electron chi connectivity index (χ2n) is 6.01. The summed E-state index contributed by atoms with van der Waals surface area (Å²) in [5, 5.41) is 15.4. The summed E-state index contributed by atoms with van der Waals surface area (Å²) >= 11 is 0. The summed E-state index contributed by atoms with van der Waals surface area (Å²) in [6, 6.07) is 8.76. The van der Waals surface area contributed by atoms with Crippen LogP contribution in [0.2, 0.25) is 0 Å². The molecule has 4 nitrogen and oxygen atoms in total. The van der Waals surface area contributed by atoms with Crippen molar-refractivity contribution in [1.29, 1.82) is 0 Å². The lowest BCUT2D eigenvalue weighted by atomic mass is 9.86. The van der Waals surface area contributed by atoms with Crippen LogP contribution in [0.5, 0.6) is 0 Å². The van der Waals surface area contributed by atoms with Gasteiger partial charge in [0.25, 0.3) is 0 Å². The van der Waals surface area contributed by atoms with Crippen LogP contribution in [0.4, 0.5) is 0 Å². The number of nitrogens with zero attached hydrogens (tertiary/aromatic N) is 1. The van der Waals surface area contributed by atoms with Gasteiger partial charge in [0, 0.05) is 11.5 Å². The van der Waals surface area contributed by atoms with E-state index in [2.05, 4.69) is 48.6 Å². The van der Waals surface area contributed by atoms with Crippen LogP contribution in [0.15, 0.2) is 29.4 Å². The summed E-state index contributed by atoms with van der Waals surface area (Å²) < 4.78 is 0. The molecule has 0 saturated carbocycles. The molecule has 1 aromatic rings. The Bertz CT molecular complexity index is 455. The quantitative estimate of drug-likeness (QED) is 0.236. The van der Waals surface area contributed by atoms with Crippen LogP contribution in [0.3, 0.4) is 0 Å². The van der Waals surface area contributed by atoms with Crippen molar-refractivity contribution in [2.45, 2.75) is 46.6 Å². The molecule has 1 atom stereocenters. The van der Waals surface area contributed by atoms with Crippen molar-refractivity contribution in [3.8, 4) is 0 Å². The standard InChI is InChI=1S/C16H27N3O/c1-12-8-5-6-9-14(12)13(2)18-11-7-10-16(3,4)15(17)19-20/h5-6,8-9,13,18,20H,7,10-11H2,1-4H3,(H2,17,19)/t13-/m1/s1. The third kappa shape index (κ3) is 4.53. The molecule has 0 aromatic heterocycles. The number of oxime groups is 1. The van der Waals surface area contributed by atoms with Crippen molar-refractivity contribution in [2.24, 2.45) is 16.3 Å². The van der Waals surface area contributed by atoms with Gasteiger partial charge in [-0.05, 0) is 44.4 Å². The Morgan fingerprint density at radius 2 is 2.05 bits per heavy atom. The van der Waals surface area contributed by atoms with Crippen LogP contribution in [0.25, 0.3) is 0 Å². The van der Waals surface area contributed by atoms with E-state index in [9.17, 15) is 0 Å². The minimum Gasteiger partial charge on any atom is -0.409 e. The number of benzene rings is 1. The average molecular weight is 277 g/mol. The molecular weight excluding hydrogens is 250 g/mol. The van der Waals surface area contributed by atoms with E-state index >= 15 is 0 Å². The fourth-order valence-corrected chi connectivity index (χ4v) is 2.29. The molecule has 0 saturated heterocycles. The summed E-state index contributed by atoms with van der Waals surface area (Å²) in [7, 11) is 0. The number of hydrogen-bond donors (Lipinski definition) is 3. The topological polar surface area (TPSA) is 70.6 Å². The van der Waals surface area contributed by atoms with E-state index < -0.39 is 0 Å². The van der Waals surface area contributed by atoms with Crippen LogP contribution in [0.1, 0.15) is 50.8 Å². The largest absolute Gasteiger partial charge is 0.409 e. The van der Waals surface area contributed by atoms with Gasteiger partial charge in [-0.25, -0.2) is 0 Å². The molecule has 0 aliphatic carbocycles. The van der Waals surface area contributed by atoms with Crippen LogP contribution in [-0.2, 0) is 0 Å². The molecular formula is C16H27N3O. The van der Waals surface area contributed by atoms with Gasteiger partial charge < -0.3 is 16.3 Å². The van der Waals surface area contributed by atoms with E-state index in [1.807, 2.05) is 13.8 Å². The van der Waals surface area contributed by atoms with Crippen molar-refractivity contribution < 1.29 is 5.21 Å². The van der Waals surface area contributed by atoms with Crippen LogP contribution in [-0.4, -0.2) is 17.6 Å². The predicted octanol–water partition coefficient (Wildman–Crippen LogP) is 3.20. The Kier molecular flexibility index (Phi) is 6.02. The Hall–Kier alpha value is -1.55. The Balaban J connectivity index is 2.40. The SMILES string of the molecule is Cc1ccccc1[C@@H](C)NCCCC(C)(C)/C(N)=N/O. The van der Waals surface area contributed by atoms with Gasteiger partial charge in [0.15, 0.2) is 0 Å². The van der Waals surface area contributed by atoms with Crippen molar-refractivity contribution in [1.82, 2.24) is 5.32 Å². The molecule has 0 aliphatic heterocycles. The van der Waals surface area contributed by atoms with Crippen LogP contribution in [0, 0.1) is 12.3 Å². The van der Waals surface area contributed by atoms with Crippen molar-refractivity contribution in [3.63, 3.8) is 0 Å². The van der Waals surface area contributed by atoms with Gasteiger partial charge in [-0.1, -0.05) is 43.3 Å². The fourth-order valence-electron chi connectivity index (χ4n) is 2.29. The number of amidine groups is 1. The first kappa shape index (κ1) is 16.5. The monoisotopic (exact) mass is 277 g/mol. The molecule has 0 spiro atoms. The minimum atomic E-state index is -0.262. The number of aryl methyl sites for hydroxylation is 1. The molecule has 0 heterocycles.